The average molecular weight is 319 g/mol. The fourth-order valence-electron chi connectivity index (χ4n) is 3.15. The molecule has 1 aliphatic heterocycles. The van der Waals surface area contributed by atoms with Crippen molar-refractivity contribution in [2.75, 3.05) is 6.61 Å². The Balaban J connectivity index is 1.87. The Labute approximate surface area is 128 Å². The maximum Gasteiger partial charge on any atom is 0.220 e. The van der Waals surface area contributed by atoms with E-state index in [9.17, 15) is 20.1 Å². The Morgan fingerprint density at radius 1 is 1.10 bits per heavy atom. The van der Waals surface area contributed by atoms with Gasteiger partial charge in [0.15, 0.2) is 0 Å². The normalized spacial score (nSPS) is 38.2. The van der Waals surface area contributed by atoms with Crippen molar-refractivity contribution < 1.29 is 25.2 Å². The molecular weight excluding hydrogens is 294 g/mol. The number of thioether (sulfide) groups is 1. The highest BCUT2D eigenvalue weighted by Gasteiger charge is 2.43. The quantitative estimate of drug-likeness (QED) is 0.482. The van der Waals surface area contributed by atoms with Gasteiger partial charge in [-0.15, -0.1) is 11.8 Å². The Kier molecular flexibility index (Phi) is 6.31. The number of rotatable bonds is 4. The standard InChI is InChI=1S/C14H25NO5S/c16-7-9-12(18)13(19)11(14(20)21-9)15-10(17)6-8-4-2-1-3-5-8/h8-9,11-14,16,18-20H,1-7H2,(H,15,17). The van der Waals surface area contributed by atoms with Crippen LogP contribution in [0.3, 0.4) is 0 Å². The summed E-state index contributed by atoms with van der Waals surface area (Å²) in [6.45, 7) is -0.331. The van der Waals surface area contributed by atoms with Crippen molar-refractivity contribution in [3.8, 4) is 0 Å². The number of aliphatic hydroxyl groups is 4. The molecule has 0 aromatic rings. The first-order valence-electron chi connectivity index (χ1n) is 7.62. The maximum absolute atomic E-state index is 12.1. The van der Waals surface area contributed by atoms with Gasteiger partial charge in [0, 0.05) is 6.42 Å². The molecule has 0 aromatic heterocycles. The van der Waals surface area contributed by atoms with Crippen LogP contribution in [-0.4, -0.2) is 61.9 Å². The number of aliphatic hydroxyl groups excluding tert-OH is 4. The Hall–Kier alpha value is -0.340. The fourth-order valence-corrected chi connectivity index (χ4v) is 4.32. The van der Waals surface area contributed by atoms with Crippen LogP contribution >= 0.6 is 11.8 Å². The van der Waals surface area contributed by atoms with E-state index in [1.807, 2.05) is 0 Å². The molecule has 1 saturated heterocycles. The lowest BCUT2D eigenvalue weighted by Crippen LogP contribution is -2.60. The van der Waals surface area contributed by atoms with Gasteiger partial charge < -0.3 is 25.7 Å². The molecule has 5 unspecified atom stereocenters. The molecule has 1 saturated carbocycles. The van der Waals surface area contributed by atoms with Crippen LogP contribution in [0.15, 0.2) is 0 Å². The molecule has 21 heavy (non-hydrogen) atoms. The zero-order valence-corrected chi connectivity index (χ0v) is 12.8. The van der Waals surface area contributed by atoms with Crippen molar-refractivity contribution in [1.29, 1.82) is 0 Å². The van der Waals surface area contributed by atoms with Crippen LogP contribution in [-0.2, 0) is 4.79 Å². The van der Waals surface area contributed by atoms with E-state index >= 15 is 0 Å². The summed E-state index contributed by atoms with van der Waals surface area (Å²) in [7, 11) is 0. The number of amides is 1. The van der Waals surface area contributed by atoms with Gasteiger partial charge >= 0.3 is 0 Å². The summed E-state index contributed by atoms with van der Waals surface area (Å²) in [6, 6.07) is -0.899. The van der Waals surface area contributed by atoms with Crippen molar-refractivity contribution in [1.82, 2.24) is 5.32 Å². The molecule has 7 heteroatoms. The molecule has 0 bridgehead atoms. The van der Waals surface area contributed by atoms with Crippen molar-refractivity contribution in [3.63, 3.8) is 0 Å². The maximum atomic E-state index is 12.1. The summed E-state index contributed by atoms with van der Waals surface area (Å²) >= 11 is 0.975. The minimum absolute atomic E-state index is 0.194. The lowest BCUT2D eigenvalue weighted by molar-refractivity contribution is -0.126. The zero-order chi connectivity index (χ0) is 15.4. The van der Waals surface area contributed by atoms with Crippen LogP contribution < -0.4 is 5.32 Å². The molecule has 1 heterocycles. The molecule has 0 spiro atoms. The van der Waals surface area contributed by atoms with Gasteiger partial charge in [0.05, 0.1) is 24.0 Å². The molecular formula is C14H25NO5S. The highest BCUT2D eigenvalue weighted by atomic mass is 32.2. The van der Waals surface area contributed by atoms with Crippen molar-refractivity contribution in [2.24, 2.45) is 5.92 Å². The highest BCUT2D eigenvalue weighted by Crippen LogP contribution is 2.31. The number of carbonyl (C=O) groups excluding carboxylic acids is 1. The van der Waals surface area contributed by atoms with E-state index in [1.165, 1.54) is 6.42 Å². The first kappa shape index (κ1) is 17.0. The molecule has 0 radical (unpaired) electrons. The molecule has 1 amide bonds. The van der Waals surface area contributed by atoms with E-state index in [0.717, 1.165) is 37.4 Å². The smallest absolute Gasteiger partial charge is 0.220 e. The fraction of sp³-hybridized carbons (Fsp3) is 0.929. The highest BCUT2D eigenvalue weighted by molar-refractivity contribution is 8.00. The summed E-state index contributed by atoms with van der Waals surface area (Å²) in [5.41, 5.74) is -1.03. The third-order valence-corrected chi connectivity index (χ3v) is 5.78. The molecule has 122 valence electrons. The average Bonchev–Trinajstić information content (AvgIpc) is 2.48. The Morgan fingerprint density at radius 3 is 2.38 bits per heavy atom. The minimum Gasteiger partial charge on any atom is -0.395 e. The number of nitrogens with one attached hydrogen (secondary N) is 1. The molecule has 0 aromatic carbocycles. The molecule has 2 aliphatic rings. The lowest BCUT2D eigenvalue weighted by Gasteiger charge is -2.40. The Morgan fingerprint density at radius 2 is 1.76 bits per heavy atom. The van der Waals surface area contributed by atoms with Gasteiger partial charge in [-0.25, -0.2) is 0 Å². The summed E-state index contributed by atoms with van der Waals surface area (Å²) in [5, 5.41) is 41.0. The third-order valence-electron chi connectivity index (χ3n) is 4.43. The summed E-state index contributed by atoms with van der Waals surface area (Å²) < 4.78 is 0. The van der Waals surface area contributed by atoms with Gasteiger partial charge in [0.25, 0.3) is 0 Å². The summed E-state index contributed by atoms with van der Waals surface area (Å²) in [4.78, 5) is 12.1. The predicted octanol–water partition coefficient (Wildman–Crippen LogP) is -0.411. The molecule has 1 aliphatic carbocycles. The van der Waals surface area contributed by atoms with E-state index in [-0.39, 0.29) is 12.5 Å². The molecule has 6 nitrogen and oxygen atoms in total. The SMILES string of the molecule is O=C(CC1CCCCC1)NC1C(O)SC(CO)C(O)C1O. The van der Waals surface area contributed by atoms with Gasteiger partial charge in [0.2, 0.25) is 5.91 Å². The molecule has 2 fully saturated rings. The van der Waals surface area contributed by atoms with E-state index in [0.29, 0.717) is 12.3 Å². The van der Waals surface area contributed by atoms with Crippen LogP contribution in [0.2, 0.25) is 0 Å². The minimum atomic E-state index is -1.27. The van der Waals surface area contributed by atoms with Gasteiger partial charge in [-0.1, -0.05) is 19.3 Å². The second-order valence-electron chi connectivity index (χ2n) is 6.03. The lowest BCUT2D eigenvalue weighted by atomic mass is 9.86. The first-order chi connectivity index (χ1) is 10.0. The molecule has 5 N–H and O–H groups in total. The third kappa shape index (κ3) is 4.32. The van der Waals surface area contributed by atoms with Crippen molar-refractivity contribution >= 4 is 17.7 Å². The zero-order valence-electron chi connectivity index (χ0n) is 12.0. The van der Waals surface area contributed by atoms with Crippen LogP contribution in [0.25, 0.3) is 0 Å². The van der Waals surface area contributed by atoms with E-state index in [4.69, 9.17) is 5.11 Å². The summed E-state index contributed by atoms with van der Waals surface area (Å²) in [5.74, 6) is 0.180. The number of hydrogen-bond donors (Lipinski definition) is 5. The van der Waals surface area contributed by atoms with Crippen LogP contribution in [0, 0.1) is 5.92 Å². The van der Waals surface area contributed by atoms with Gasteiger partial charge in [-0.05, 0) is 18.8 Å². The van der Waals surface area contributed by atoms with Crippen LogP contribution in [0.1, 0.15) is 38.5 Å². The van der Waals surface area contributed by atoms with Crippen molar-refractivity contribution in [2.45, 2.75) is 67.5 Å². The van der Waals surface area contributed by atoms with E-state index in [2.05, 4.69) is 5.32 Å². The van der Waals surface area contributed by atoms with Gasteiger partial charge in [-0.3, -0.25) is 4.79 Å². The largest absolute Gasteiger partial charge is 0.395 e. The topological polar surface area (TPSA) is 110 Å². The number of hydrogen-bond acceptors (Lipinski definition) is 6. The second-order valence-corrected chi connectivity index (χ2v) is 7.39. The first-order valence-corrected chi connectivity index (χ1v) is 8.57. The molecule has 5 atom stereocenters. The van der Waals surface area contributed by atoms with Crippen LogP contribution in [0.5, 0.6) is 0 Å². The van der Waals surface area contributed by atoms with E-state index < -0.39 is 28.9 Å². The van der Waals surface area contributed by atoms with Crippen molar-refractivity contribution in [3.05, 3.63) is 0 Å². The van der Waals surface area contributed by atoms with Gasteiger partial charge in [-0.2, -0.15) is 0 Å². The van der Waals surface area contributed by atoms with Crippen LogP contribution in [0.4, 0.5) is 0 Å². The molecule has 2 rings (SSSR count). The monoisotopic (exact) mass is 319 g/mol. The Bertz CT molecular complexity index is 350. The second kappa shape index (κ2) is 7.78. The summed E-state index contributed by atoms with van der Waals surface area (Å²) in [6.07, 6.45) is 3.60. The van der Waals surface area contributed by atoms with Gasteiger partial charge in [0.1, 0.15) is 11.5 Å². The predicted molar refractivity (Wildman–Crippen MR) is 79.6 cm³/mol. The number of carbonyl (C=O) groups is 1. The van der Waals surface area contributed by atoms with E-state index in [1.54, 1.807) is 0 Å².